The number of hydrogen-bond donors (Lipinski definition) is 1. The van der Waals surface area contributed by atoms with Crippen molar-refractivity contribution in [2.75, 3.05) is 18.7 Å². The number of nitrogens with one attached hydrogen (secondary N) is 1. The number of carbonyl (C=O) groups is 2. The van der Waals surface area contributed by atoms with Crippen molar-refractivity contribution in [3.63, 3.8) is 0 Å². The van der Waals surface area contributed by atoms with Gasteiger partial charge in [-0.05, 0) is 35.9 Å². The molecule has 2 aromatic carbocycles. The number of rotatable bonds is 5. The second kappa shape index (κ2) is 7.45. The summed E-state index contributed by atoms with van der Waals surface area (Å²) in [7, 11) is 1.50. The van der Waals surface area contributed by atoms with Gasteiger partial charge in [0.25, 0.3) is 11.8 Å². The van der Waals surface area contributed by atoms with Crippen LogP contribution >= 0.6 is 0 Å². The van der Waals surface area contributed by atoms with Crippen molar-refractivity contribution < 1.29 is 19.1 Å². The first kappa shape index (κ1) is 17.1. The Morgan fingerprint density at radius 3 is 2.62 bits per heavy atom. The number of para-hydroxylation sites is 1. The van der Waals surface area contributed by atoms with Gasteiger partial charge in [-0.3, -0.25) is 15.0 Å². The summed E-state index contributed by atoms with van der Waals surface area (Å²) in [6.07, 6.45) is 6.69. The minimum atomic E-state index is -0.467. The zero-order valence-corrected chi connectivity index (χ0v) is 14.1. The van der Waals surface area contributed by atoms with E-state index >= 15 is 0 Å². The molecule has 0 aliphatic carbocycles. The first-order valence-corrected chi connectivity index (χ1v) is 7.80. The lowest BCUT2D eigenvalue weighted by Crippen LogP contribution is -2.35. The van der Waals surface area contributed by atoms with Crippen LogP contribution in [-0.2, 0) is 9.59 Å². The van der Waals surface area contributed by atoms with Gasteiger partial charge in [-0.25, -0.2) is 5.01 Å². The van der Waals surface area contributed by atoms with E-state index in [-0.39, 0.29) is 12.2 Å². The molecule has 6 nitrogen and oxygen atoms in total. The third-order valence-corrected chi connectivity index (χ3v) is 3.72. The molecule has 0 atom stereocenters. The van der Waals surface area contributed by atoms with E-state index in [0.717, 1.165) is 0 Å². The second-order valence-electron chi connectivity index (χ2n) is 5.38. The normalized spacial score (nSPS) is 14.9. The molecule has 0 spiro atoms. The van der Waals surface area contributed by atoms with Crippen LogP contribution in [0.3, 0.4) is 0 Å². The highest BCUT2D eigenvalue weighted by Crippen LogP contribution is 2.29. The molecule has 1 fully saturated rings. The van der Waals surface area contributed by atoms with Gasteiger partial charge in [-0.15, -0.1) is 6.42 Å². The molecule has 1 N–H and O–H groups in total. The van der Waals surface area contributed by atoms with Gasteiger partial charge in [0.2, 0.25) is 0 Å². The van der Waals surface area contributed by atoms with Crippen LogP contribution in [0.25, 0.3) is 6.08 Å². The van der Waals surface area contributed by atoms with Crippen LogP contribution in [0.15, 0.2) is 54.1 Å². The van der Waals surface area contributed by atoms with E-state index < -0.39 is 11.8 Å². The number of terminal acetylenes is 1. The fraction of sp³-hybridized carbons (Fsp3) is 0.100. The van der Waals surface area contributed by atoms with E-state index in [2.05, 4.69) is 11.3 Å². The maximum atomic E-state index is 12.6. The van der Waals surface area contributed by atoms with Crippen LogP contribution in [0.5, 0.6) is 11.5 Å². The number of anilines is 1. The Kier molecular flexibility index (Phi) is 4.90. The number of benzene rings is 2. The van der Waals surface area contributed by atoms with Crippen LogP contribution in [0.2, 0.25) is 0 Å². The van der Waals surface area contributed by atoms with E-state index in [0.29, 0.717) is 22.7 Å². The topological polar surface area (TPSA) is 67.9 Å². The van der Waals surface area contributed by atoms with Crippen molar-refractivity contribution in [3.05, 3.63) is 59.7 Å². The Morgan fingerprint density at radius 1 is 1.15 bits per heavy atom. The molecule has 1 saturated heterocycles. The second-order valence-corrected chi connectivity index (χ2v) is 5.38. The zero-order valence-electron chi connectivity index (χ0n) is 14.1. The van der Waals surface area contributed by atoms with Gasteiger partial charge in [-0.2, -0.15) is 0 Å². The summed E-state index contributed by atoms with van der Waals surface area (Å²) in [6, 6.07) is 13.9. The van der Waals surface area contributed by atoms with Crippen LogP contribution in [0.1, 0.15) is 5.56 Å². The highest BCUT2D eigenvalue weighted by molar-refractivity contribution is 6.31. The van der Waals surface area contributed by atoms with Gasteiger partial charge in [0.1, 0.15) is 12.2 Å². The highest BCUT2D eigenvalue weighted by Gasteiger charge is 2.34. The standard InChI is InChI=1S/C20H16N2O4/c1-3-11-26-17-10-9-14(13-18(17)25-2)12-16-19(23)21-22(20(16)24)15-7-5-4-6-8-15/h1,4-10,12-13H,11H2,2H3,(H,21,23)/b16-12-. The number of hydrazine groups is 1. The van der Waals surface area contributed by atoms with E-state index in [1.54, 1.807) is 42.5 Å². The van der Waals surface area contributed by atoms with Crippen LogP contribution < -0.4 is 19.9 Å². The minimum Gasteiger partial charge on any atom is -0.493 e. The lowest BCUT2D eigenvalue weighted by atomic mass is 10.1. The van der Waals surface area contributed by atoms with Crippen LogP contribution in [0, 0.1) is 12.3 Å². The first-order valence-electron chi connectivity index (χ1n) is 7.80. The molecule has 1 aliphatic heterocycles. The molecule has 130 valence electrons. The number of ether oxygens (including phenoxy) is 2. The zero-order chi connectivity index (χ0) is 18.5. The van der Waals surface area contributed by atoms with Gasteiger partial charge in [0, 0.05) is 0 Å². The molecule has 6 heteroatoms. The Bertz CT molecular complexity index is 913. The predicted octanol–water partition coefficient (Wildman–Crippen LogP) is 2.17. The number of nitrogens with zero attached hydrogens (tertiary/aromatic N) is 1. The lowest BCUT2D eigenvalue weighted by Gasteiger charge is -2.13. The molecule has 2 aromatic rings. The van der Waals surface area contributed by atoms with Gasteiger partial charge in [0.15, 0.2) is 11.5 Å². The average Bonchev–Trinajstić information content (AvgIpc) is 2.95. The fourth-order valence-corrected chi connectivity index (χ4v) is 2.50. The average molecular weight is 348 g/mol. The summed E-state index contributed by atoms with van der Waals surface area (Å²) in [4.78, 5) is 24.8. The van der Waals surface area contributed by atoms with Crippen molar-refractivity contribution in [1.82, 2.24) is 5.43 Å². The third kappa shape index (κ3) is 3.37. The van der Waals surface area contributed by atoms with E-state index in [1.165, 1.54) is 18.2 Å². The summed E-state index contributed by atoms with van der Waals surface area (Å²) in [5.41, 5.74) is 3.81. The van der Waals surface area contributed by atoms with Crippen LogP contribution in [-0.4, -0.2) is 25.5 Å². The van der Waals surface area contributed by atoms with Crippen molar-refractivity contribution in [2.45, 2.75) is 0 Å². The summed E-state index contributed by atoms with van der Waals surface area (Å²) >= 11 is 0. The molecular formula is C20H16N2O4. The van der Waals surface area contributed by atoms with Gasteiger partial charge in [-0.1, -0.05) is 30.2 Å². The molecular weight excluding hydrogens is 332 g/mol. The molecule has 0 unspecified atom stereocenters. The van der Waals surface area contributed by atoms with Gasteiger partial charge >= 0.3 is 0 Å². The summed E-state index contributed by atoms with van der Waals surface area (Å²) < 4.78 is 10.7. The third-order valence-electron chi connectivity index (χ3n) is 3.72. The van der Waals surface area contributed by atoms with Crippen molar-refractivity contribution in [2.24, 2.45) is 0 Å². The van der Waals surface area contributed by atoms with Crippen molar-refractivity contribution in [1.29, 1.82) is 0 Å². The molecule has 26 heavy (non-hydrogen) atoms. The molecule has 0 aromatic heterocycles. The smallest absolute Gasteiger partial charge is 0.282 e. The maximum absolute atomic E-state index is 12.6. The van der Waals surface area contributed by atoms with E-state index in [9.17, 15) is 9.59 Å². The van der Waals surface area contributed by atoms with Crippen LogP contribution in [0.4, 0.5) is 5.69 Å². The molecule has 3 rings (SSSR count). The van der Waals surface area contributed by atoms with Crippen molar-refractivity contribution in [3.8, 4) is 23.8 Å². The maximum Gasteiger partial charge on any atom is 0.282 e. The molecule has 0 bridgehead atoms. The number of carbonyl (C=O) groups excluding carboxylic acids is 2. The summed E-state index contributed by atoms with van der Waals surface area (Å²) in [6.45, 7) is 0.115. The number of amides is 2. The quantitative estimate of drug-likeness (QED) is 0.511. The molecule has 2 amide bonds. The van der Waals surface area contributed by atoms with Crippen molar-refractivity contribution >= 4 is 23.6 Å². The minimum absolute atomic E-state index is 0.0354. The lowest BCUT2D eigenvalue weighted by molar-refractivity contribution is -0.117. The molecule has 1 heterocycles. The van der Waals surface area contributed by atoms with E-state index in [1.807, 2.05) is 6.07 Å². The Balaban J connectivity index is 1.89. The number of methoxy groups -OCH3 is 1. The fourth-order valence-electron chi connectivity index (χ4n) is 2.50. The first-order chi connectivity index (χ1) is 12.6. The largest absolute Gasteiger partial charge is 0.493 e. The molecule has 0 radical (unpaired) electrons. The SMILES string of the molecule is C#CCOc1ccc(/C=C2/C(=O)NN(c3ccccc3)C2=O)cc1OC. The Labute approximate surface area is 151 Å². The summed E-state index contributed by atoms with van der Waals surface area (Å²) in [5, 5.41) is 1.22. The van der Waals surface area contributed by atoms with Gasteiger partial charge < -0.3 is 9.47 Å². The Hall–Kier alpha value is -3.72. The van der Waals surface area contributed by atoms with Gasteiger partial charge in [0.05, 0.1) is 12.8 Å². The number of hydrogen-bond acceptors (Lipinski definition) is 4. The predicted molar refractivity (Wildman–Crippen MR) is 97.4 cm³/mol. The highest BCUT2D eigenvalue weighted by atomic mass is 16.5. The monoisotopic (exact) mass is 348 g/mol. The Morgan fingerprint density at radius 2 is 1.92 bits per heavy atom. The molecule has 0 saturated carbocycles. The van der Waals surface area contributed by atoms with E-state index in [4.69, 9.17) is 15.9 Å². The molecule has 1 aliphatic rings. The summed E-state index contributed by atoms with van der Waals surface area (Å²) in [5.74, 6) is 2.44.